The van der Waals surface area contributed by atoms with Crippen LogP contribution in [0.15, 0.2) is 12.2 Å². The summed E-state index contributed by atoms with van der Waals surface area (Å²) in [5.74, 6) is 0. The summed E-state index contributed by atoms with van der Waals surface area (Å²) in [6.45, 7) is 6.89. The molecule has 2 nitrogen and oxygen atoms in total. The number of rotatable bonds is 1. The Balaban J connectivity index is 2.43. The lowest BCUT2D eigenvalue weighted by atomic mass is 10.2. The van der Waals surface area contributed by atoms with Crippen molar-refractivity contribution in [3.8, 4) is 0 Å². The zero-order valence-electron chi connectivity index (χ0n) is 6.85. The Labute approximate surface area is 62.3 Å². The summed E-state index contributed by atoms with van der Waals surface area (Å²) in [4.78, 5) is 0. The highest BCUT2D eigenvalue weighted by Gasteiger charge is 2.28. The van der Waals surface area contributed by atoms with E-state index in [0.29, 0.717) is 6.04 Å². The molecule has 1 N–H and O–H groups in total. The quantitative estimate of drug-likeness (QED) is 0.555. The normalized spacial score (nSPS) is 31.7. The van der Waals surface area contributed by atoms with Gasteiger partial charge in [0.25, 0.3) is 0 Å². The Hall–Kier alpha value is -0.340. The molecule has 0 spiro atoms. The standard InChI is InChI=1S/C8H15NO/c1-4-5-7-6-10-8(2,3)9-7/h4-5,7,9H,6H2,1-3H3/b5-4+/t7-/m0/s1. The van der Waals surface area contributed by atoms with E-state index in [4.69, 9.17) is 4.74 Å². The Morgan fingerprint density at radius 3 is 2.70 bits per heavy atom. The van der Waals surface area contributed by atoms with Gasteiger partial charge in [0.05, 0.1) is 12.6 Å². The first-order chi connectivity index (χ1) is 4.64. The molecule has 1 aliphatic heterocycles. The molecule has 0 unspecified atom stereocenters. The highest BCUT2D eigenvalue weighted by Crippen LogP contribution is 2.14. The summed E-state index contributed by atoms with van der Waals surface area (Å²) in [6.07, 6.45) is 4.16. The smallest absolute Gasteiger partial charge is 0.114 e. The van der Waals surface area contributed by atoms with Crippen LogP contribution in [0.1, 0.15) is 20.8 Å². The maximum atomic E-state index is 5.44. The molecule has 0 aromatic carbocycles. The minimum Gasteiger partial charge on any atom is -0.359 e. The SMILES string of the molecule is C/C=C/[C@H]1COC(C)(C)N1. The average Bonchev–Trinajstić information content (AvgIpc) is 2.12. The second kappa shape index (κ2) is 2.72. The van der Waals surface area contributed by atoms with E-state index < -0.39 is 0 Å². The van der Waals surface area contributed by atoms with Crippen LogP contribution in [-0.4, -0.2) is 18.4 Å². The van der Waals surface area contributed by atoms with E-state index in [1.807, 2.05) is 26.8 Å². The van der Waals surface area contributed by atoms with E-state index in [2.05, 4.69) is 11.4 Å². The van der Waals surface area contributed by atoms with Crippen molar-refractivity contribution in [2.24, 2.45) is 0 Å². The van der Waals surface area contributed by atoms with Crippen LogP contribution in [0.3, 0.4) is 0 Å². The van der Waals surface area contributed by atoms with Gasteiger partial charge in [-0.2, -0.15) is 0 Å². The van der Waals surface area contributed by atoms with Crippen molar-refractivity contribution in [2.45, 2.75) is 32.5 Å². The van der Waals surface area contributed by atoms with E-state index in [9.17, 15) is 0 Å². The second-order valence-corrected chi connectivity index (χ2v) is 3.10. The first-order valence-electron chi connectivity index (χ1n) is 3.68. The molecule has 0 aliphatic carbocycles. The zero-order valence-corrected chi connectivity index (χ0v) is 6.85. The molecule has 1 heterocycles. The molecule has 0 saturated carbocycles. The molecule has 0 bridgehead atoms. The van der Waals surface area contributed by atoms with Crippen LogP contribution in [0.25, 0.3) is 0 Å². The predicted molar refractivity (Wildman–Crippen MR) is 41.8 cm³/mol. The first kappa shape index (κ1) is 7.76. The van der Waals surface area contributed by atoms with Gasteiger partial charge in [-0.05, 0) is 20.8 Å². The summed E-state index contributed by atoms with van der Waals surface area (Å²) in [6, 6.07) is 0.403. The van der Waals surface area contributed by atoms with Crippen LogP contribution < -0.4 is 5.32 Å². The lowest BCUT2D eigenvalue weighted by Crippen LogP contribution is -2.37. The van der Waals surface area contributed by atoms with E-state index in [-0.39, 0.29) is 5.72 Å². The molecular weight excluding hydrogens is 126 g/mol. The third kappa shape index (κ3) is 1.82. The van der Waals surface area contributed by atoms with Crippen LogP contribution >= 0.6 is 0 Å². The number of hydrogen-bond donors (Lipinski definition) is 1. The summed E-state index contributed by atoms with van der Waals surface area (Å²) in [7, 11) is 0. The molecule has 1 atom stereocenters. The van der Waals surface area contributed by atoms with Crippen LogP contribution in [-0.2, 0) is 4.74 Å². The molecule has 0 radical (unpaired) electrons. The summed E-state index contributed by atoms with van der Waals surface area (Å²) in [5.41, 5.74) is -0.135. The number of ether oxygens (including phenoxy) is 1. The summed E-state index contributed by atoms with van der Waals surface area (Å²) in [5, 5.41) is 3.32. The Morgan fingerprint density at radius 1 is 1.60 bits per heavy atom. The average molecular weight is 141 g/mol. The Morgan fingerprint density at radius 2 is 2.30 bits per heavy atom. The maximum absolute atomic E-state index is 5.44. The lowest BCUT2D eigenvalue weighted by Gasteiger charge is -2.16. The molecule has 58 valence electrons. The molecule has 0 aromatic heterocycles. The van der Waals surface area contributed by atoms with Gasteiger partial charge in [-0.3, -0.25) is 5.32 Å². The third-order valence-electron chi connectivity index (χ3n) is 1.58. The molecule has 10 heavy (non-hydrogen) atoms. The fourth-order valence-corrected chi connectivity index (χ4v) is 1.16. The minimum absolute atomic E-state index is 0.135. The monoisotopic (exact) mass is 141 g/mol. The van der Waals surface area contributed by atoms with E-state index in [0.717, 1.165) is 6.61 Å². The van der Waals surface area contributed by atoms with Crippen LogP contribution in [0.4, 0.5) is 0 Å². The van der Waals surface area contributed by atoms with Gasteiger partial charge in [0.1, 0.15) is 5.72 Å². The van der Waals surface area contributed by atoms with Crippen molar-refractivity contribution in [3.63, 3.8) is 0 Å². The van der Waals surface area contributed by atoms with Crippen molar-refractivity contribution in [1.29, 1.82) is 0 Å². The van der Waals surface area contributed by atoms with Gasteiger partial charge in [0, 0.05) is 0 Å². The van der Waals surface area contributed by atoms with Gasteiger partial charge in [-0.25, -0.2) is 0 Å². The van der Waals surface area contributed by atoms with Crippen molar-refractivity contribution < 1.29 is 4.74 Å². The van der Waals surface area contributed by atoms with Gasteiger partial charge >= 0.3 is 0 Å². The first-order valence-corrected chi connectivity index (χ1v) is 3.68. The molecule has 0 aromatic rings. The number of nitrogens with one attached hydrogen (secondary N) is 1. The van der Waals surface area contributed by atoms with E-state index >= 15 is 0 Å². The molecular formula is C8H15NO. The molecule has 2 heteroatoms. The van der Waals surface area contributed by atoms with Crippen molar-refractivity contribution in [1.82, 2.24) is 5.32 Å². The summed E-state index contributed by atoms with van der Waals surface area (Å²) >= 11 is 0. The van der Waals surface area contributed by atoms with Gasteiger partial charge in [-0.1, -0.05) is 12.2 Å². The maximum Gasteiger partial charge on any atom is 0.114 e. The third-order valence-corrected chi connectivity index (χ3v) is 1.58. The summed E-state index contributed by atoms with van der Waals surface area (Å²) < 4.78 is 5.44. The highest BCUT2D eigenvalue weighted by molar-refractivity contribution is 4.96. The number of hydrogen-bond acceptors (Lipinski definition) is 2. The van der Waals surface area contributed by atoms with Gasteiger partial charge in [-0.15, -0.1) is 0 Å². The van der Waals surface area contributed by atoms with Gasteiger partial charge in [0.15, 0.2) is 0 Å². The minimum atomic E-state index is -0.135. The second-order valence-electron chi connectivity index (χ2n) is 3.10. The fourth-order valence-electron chi connectivity index (χ4n) is 1.16. The van der Waals surface area contributed by atoms with E-state index in [1.165, 1.54) is 0 Å². The predicted octanol–water partition coefficient (Wildman–Crippen LogP) is 1.29. The van der Waals surface area contributed by atoms with E-state index in [1.54, 1.807) is 0 Å². The largest absolute Gasteiger partial charge is 0.359 e. The Kier molecular flexibility index (Phi) is 2.11. The molecule has 0 amide bonds. The molecule has 1 rings (SSSR count). The number of allylic oxidation sites excluding steroid dienone is 1. The van der Waals surface area contributed by atoms with Crippen molar-refractivity contribution in [3.05, 3.63) is 12.2 Å². The molecule has 1 aliphatic rings. The van der Waals surface area contributed by atoms with Gasteiger partial charge < -0.3 is 4.74 Å². The highest BCUT2D eigenvalue weighted by atomic mass is 16.5. The van der Waals surface area contributed by atoms with Crippen LogP contribution in [0, 0.1) is 0 Å². The van der Waals surface area contributed by atoms with Crippen molar-refractivity contribution in [2.75, 3.05) is 6.61 Å². The van der Waals surface area contributed by atoms with Gasteiger partial charge in [0.2, 0.25) is 0 Å². The van der Waals surface area contributed by atoms with Crippen LogP contribution in [0.5, 0.6) is 0 Å². The Bertz CT molecular complexity index is 140. The van der Waals surface area contributed by atoms with Crippen LogP contribution in [0.2, 0.25) is 0 Å². The fraction of sp³-hybridized carbons (Fsp3) is 0.750. The topological polar surface area (TPSA) is 21.3 Å². The van der Waals surface area contributed by atoms with Crippen molar-refractivity contribution >= 4 is 0 Å². The lowest BCUT2D eigenvalue weighted by molar-refractivity contribution is 0.0232. The molecule has 1 fully saturated rings. The zero-order chi connectivity index (χ0) is 7.61. The molecule has 1 saturated heterocycles.